The van der Waals surface area contributed by atoms with E-state index in [9.17, 15) is 33.4 Å². The maximum absolute atomic E-state index is 11.8. The van der Waals surface area contributed by atoms with Crippen molar-refractivity contribution in [3.63, 3.8) is 0 Å². The van der Waals surface area contributed by atoms with Gasteiger partial charge in [0.15, 0.2) is 0 Å². The second-order valence-electron chi connectivity index (χ2n) is 4.81. The molecule has 0 spiro atoms. The number of carbonyl (C=O) groups excluding carboxylic acids is 1. The Balaban J connectivity index is 3.70. The molecule has 0 aromatic heterocycles. The standard InChI is InChI=1S/C13H15BrN4O8S/c1-2-26-27(24,25)6-5-16(4-3-14)12-10(13(15)19)7-9(17(20)21)8-11(12)18(22)23/h5-8H,2-4H2,1H3,(H2,15,19). The van der Waals surface area contributed by atoms with Gasteiger partial charge in [-0.2, -0.15) is 8.42 Å². The van der Waals surface area contributed by atoms with Crippen LogP contribution in [0.15, 0.2) is 23.7 Å². The summed E-state index contributed by atoms with van der Waals surface area (Å²) in [6.07, 6.45) is 0.951. The van der Waals surface area contributed by atoms with Crippen LogP contribution in [0.2, 0.25) is 0 Å². The quantitative estimate of drug-likeness (QED) is 0.232. The first-order chi connectivity index (χ1) is 12.5. The third kappa shape index (κ3) is 5.97. The molecule has 0 radical (unpaired) electrons. The number of nitrogens with two attached hydrogens (primary N) is 1. The number of hydrogen-bond donors (Lipinski definition) is 1. The Hall–Kier alpha value is -2.58. The molecule has 0 unspecified atom stereocenters. The summed E-state index contributed by atoms with van der Waals surface area (Å²) in [5.74, 6) is -1.16. The number of nitro groups is 2. The molecule has 12 nitrogen and oxygen atoms in total. The van der Waals surface area contributed by atoms with Crippen molar-refractivity contribution >= 4 is 49.0 Å². The van der Waals surface area contributed by atoms with Gasteiger partial charge in [0.05, 0.1) is 33.5 Å². The monoisotopic (exact) mass is 466 g/mol. The highest BCUT2D eigenvalue weighted by atomic mass is 79.9. The molecule has 148 valence electrons. The maximum atomic E-state index is 11.8. The lowest BCUT2D eigenvalue weighted by Crippen LogP contribution is -2.25. The van der Waals surface area contributed by atoms with Gasteiger partial charge < -0.3 is 10.6 Å². The highest BCUT2D eigenvalue weighted by Crippen LogP contribution is 2.36. The van der Waals surface area contributed by atoms with Crippen molar-refractivity contribution in [2.45, 2.75) is 6.92 Å². The minimum Gasteiger partial charge on any atom is -0.366 e. The van der Waals surface area contributed by atoms with E-state index in [1.54, 1.807) is 0 Å². The molecule has 0 aliphatic heterocycles. The molecule has 1 aromatic carbocycles. The number of nitrogens with zero attached hydrogens (tertiary/aromatic N) is 3. The highest BCUT2D eigenvalue weighted by Gasteiger charge is 2.29. The van der Waals surface area contributed by atoms with Crippen LogP contribution in [0, 0.1) is 20.2 Å². The first-order valence-electron chi connectivity index (χ1n) is 7.21. The molecule has 0 saturated carbocycles. The molecule has 14 heteroatoms. The molecule has 1 aromatic rings. The number of carbonyl (C=O) groups is 1. The van der Waals surface area contributed by atoms with Crippen molar-refractivity contribution in [3.8, 4) is 0 Å². The molecule has 0 fully saturated rings. The predicted molar refractivity (Wildman–Crippen MR) is 99.1 cm³/mol. The van der Waals surface area contributed by atoms with Crippen LogP contribution < -0.4 is 10.6 Å². The number of benzene rings is 1. The molecule has 2 N–H and O–H groups in total. The zero-order valence-electron chi connectivity index (χ0n) is 13.9. The Bertz CT molecular complexity index is 851. The molecule has 0 aliphatic carbocycles. The number of alkyl halides is 1. The van der Waals surface area contributed by atoms with Crippen LogP contribution in [0.4, 0.5) is 17.1 Å². The van der Waals surface area contributed by atoms with E-state index in [0.29, 0.717) is 11.5 Å². The molecule has 1 rings (SSSR count). The summed E-state index contributed by atoms with van der Waals surface area (Å²) in [5.41, 5.74) is 2.86. The second-order valence-corrected chi connectivity index (χ2v) is 7.09. The van der Waals surface area contributed by atoms with Crippen molar-refractivity contribution in [3.05, 3.63) is 49.5 Å². The number of amides is 1. The van der Waals surface area contributed by atoms with Crippen LogP contribution >= 0.6 is 15.9 Å². The van der Waals surface area contributed by atoms with Crippen LogP contribution in [-0.2, 0) is 14.3 Å². The smallest absolute Gasteiger partial charge is 0.300 e. The number of hydrogen-bond acceptors (Lipinski definition) is 9. The highest BCUT2D eigenvalue weighted by molar-refractivity contribution is 9.09. The van der Waals surface area contributed by atoms with Crippen molar-refractivity contribution in [2.24, 2.45) is 5.73 Å². The fourth-order valence-electron chi connectivity index (χ4n) is 2.04. The van der Waals surface area contributed by atoms with Crippen LogP contribution in [0.25, 0.3) is 0 Å². The lowest BCUT2D eigenvalue weighted by molar-refractivity contribution is -0.393. The zero-order valence-corrected chi connectivity index (χ0v) is 16.3. The van der Waals surface area contributed by atoms with Crippen molar-refractivity contribution < 1.29 is 27.2 Å². The average Bonchev–Trinajstić information content (AvgIpc) is 2.57. The van der Waals surface area contributed by atoms with Gasteiger partial charge in [0.1, 0.15) is 5.69 Å². The average molecular weight is 467 g/mol. The van der Waals surface area contributed by atoms with Crippen LogP contribution in [-0.4, -0.2) is 42.7 Å². The first kappa shape index (κ1) is 22.5. The number of halogens is 1. The van der Waals surface area contributed by atoms with Gasteiger partial charge in [0, 0.05) is 24.1 Å². The Morgan fingerprint density at radius 2 is 1.96 bits per heavy atom. The van der Waals surface area contributed by atoms with E-state index in [1.807, 2.05) is 0 Å². The maximum Gasteiger partial charge on any atom is 0.300 e. The van der Waals surface area contributed by atoms with Gasteiger partial charge in [-0.25, -0.2) is 0 Å². The summed E-state index contributed by atoms with van der Waals surface area (Å²) in [6, 6.07) is 1.45. The van der Waals surface area contributed by atoms with E-state index < -0.39 is 42.8 Å². The van der Waals surface area contributed by atoms with Gasteiger partial charge in [-0.05, 0) is 6.92 Å². The summed E-state index contributed by atoms with van der Waals surface area (Å²) < 4.78 is 27.9. The SMILES string of the molecule is CCOS(=O)(=O)C=CN(CCBr)c1c(C(N)=O)cc([N+](=O)[O-])cc1[N+](=O)[O-]. The van der Waals surface area contributed by atoms with Gasteiger partial charge in [0.25, 0.3) is 21.7 Å². The van der Waals surface area contributed by atoms with Gasteiger partial charge in [-0.3, -0.25) is 29.2 Å². The molecule has 0 heterocycles. The van der Waals surface area contributed by atoms with Crippen molar-refractivity contribution in [1.29, 1.82) is 0 Å². The van der Waals surface area contributed by atoms with E-state index in [-0.39, 0.29) is 24.2 Å². The number of primary amides is 1. The number of anilines is 1. The van der Waals surface area contributed by atoms with Crippen LogP contribution in [0.1, 0.15) is 17.3 Å². The number of nitro benzene ring substituents is 2. The summed E-state index contributed by atoms with van der Waals surface area (Å²) >= 11 is 3.11. The van der Waals surface area contributed by atoms with E-state index in [2.05, 4.69) is 20.1 Å². The second kappa shape index (κ2) is 9.38. The Morgan fingerprint density at radius 3 is 2.41 bits per heavy atom. The van der Waals surface area contributed by atoms with Crippen LogP contribution in [0.5, 0.6) is 0 Å². The van der Waals surface area contributed by atoms with Gasteiger partial charge in [-0.1, -0.05) is 15.9 Å². The Labute approximate surface area is 162 Å². The first-order valence-corrected chi connectivity index (χ1v) is 9.80. The Kier molecular flexibility index (Phi) is 7.81. The summed E-state index contributed by atoms with van der Waals surface area (Å²) in [4.78, 5) is 33.4. The largest absolute Gasteiger partial charge is 0.366 e. The molecule has 0 bridgehead atoms. The normalized spacial score (nSPS) is 11.5. The van der Waals surface area contributed by atoms with Crippen LogP contribution in [0.3, 0.4) is 0 Å². The van der Waals surface area contributed by atoms with E-state index in [0.717, 1.165) is 17.2 Å². The fourth-order valence-corrected chi connectivity index (χ4v) is 3.13. The summed E-state index contributed by atoms with van der Waals surface area (Å²) in [7, 11) is -4.07. The van der Waals surface area contributed by atoms with Crippen molar-refractivity contribution in [2.75, 3.05) is 23.4 Å². The summed E-state index contributed by atoms with van der Waals surface area (Å²) in [5, 5.41) is 23.3. The van der Waals surface area contributed by atoms with Gasteiger partial charge in [-0.15, -0.1) is 0 Å². The molecule has 1 amide bonds. The van der Waals surface area contributed by atoms with Gasteiger partial charge >= 0.3 is 5.69 Å². The third-order valence-corrected chi connectivity index (χ3v) is 4.42. The van der Waals surface area contributed by atoms with Gasteiger partial charge in [0.2, 0.25) is 0 Å². The zero-order chi connectivity index (χ0) is 20.8. The molecular weight excluding hydrogens is 452 g/mol. The van der Waals surface area contributed by atoms with Crippen molar-refractivity contribution in [1.82, 2.24) is 0 Å². The van der Waals surface area contributed by atoms with E-state index in [4.69, 9.17) is 5.73 Å². The third-order valence-electron chi connectivity index (χ3n) is 3.05. The summed E-state index contributed by atoms with van der Waals surface area (Å²) in [6.45, 7) is 1.31. The minimum atomic E-state index is -4.07. The minimum absolute atomic E-state index is 0.0168. The lowest BCUT2D eigenvalue weighted by Gasteiger charge is -2.21. The van der Waals surface area contributed by atoms with E-state index in [1.165, 1.54) is 6.92 Å². The fraction of sp³-hybridized carbons (Fsp3) is 0.308. The topological polar surface area (TPSA) is 176 Å². The predicted octanol–water partition coefficient (Wildman–Crippen LogP) is 1.64. The lowest BCUT2D eigenvalue weighted by atomic mass is 10.1. The number of non-ortho nitro benzene ring substituents is 1. The Morgan fingerprint density at radius 1 is 1.33 bits per heavy atom. The number of rotatable bonds is 10. The van der Waals surface area contributed by atoms with E-state index >= 15 is 0 Å². The molecule has 27 heavy (non-hydrogen) atoms. The molecular formula is C13H15BrN4O8S. The molecule has 0 aliphatic rings. The molecule has 0 atom stereocenters. The molecule has 0 saturated heterocycles.